The molecule has 6 heteroatoms. The molecule has 0 atom stereocenters. The lowest BCUT2D eigenvalue weighted by molar-refractivity contribution is -0.118. The van der Waals surface area contributed by atoms with Crippen LogP contribution in [0.25, 0.3) is 0 Å². The first-order valence-corrected chi connectivity index (χ1v) is 6.74. The van der Waals surface area contributed by atoms with Crippen molar-refractivity contribution in [3.8, 4) is 0 Å². The molecule has 0 aliphatic heterocycles. The van der Waals surface area contributed by atoms with Gasteiger partial charge < -0.3 is 21.7 Å². The maximum absolute atomic E-state index is 10.8. The number of primary amides is 2. The van der Waals surface area contributed by atoms with Crippen LogP contribution in [0, 0.1) is 5.41 Å². The van der Waals surface area contributed by atoms with Gasteiger partial charge in [-0.15, -0.1) is 0 Å². The lowest BCUT2D eigenvalue weighted by atomic mass is 9.73. The Morgan fingerprint density at radius 3 is 1.42 bits per heavy atom. The topological polar surface area (TPSA) is 127 Å². The van der Waals surface area contributed by atoms with Crippen LogP contribution in [-0.4, -0.2) is 35.2 Å². The Labute approximate surface area is 114 Å². The summed E-state index contributed by atoms with van der Waals surface area (Å²) in [6.45, 7) is 0.0420. The van der Waals surface area contributed by atoms with Crippen molar-refractivity contribution >= 4 is 11.8 Å². The van der Waals surface area contributed by atoms with Crippen molar-refractivity contribution < 1.29 is 19.8 Å². The SMILES string of the molecule is NC(=O)CCCC(CCO)(CCO)CCCC(N)=O. The maximum Gasteiger partial charge on any atom is 0.217 e. The molecule has 0 bridgehead atoms. The Balaban J connectivity index is 4.46. The Bertz CT molecular complexity index is 254. The van der Waals surface area contributed by atoms with Crippen LogP contribution in [0.2, 0.25) is 0 Å². The predicted octanol–water partition coefficient (Wildman–Crippen LogP) is 0.0488. The van der Waals surface area contributed by atoms with Gasteiger partial charge in [-0.25, -0.2) is 0 Å². The van der Waals surface area contributed by atoms with E-state index < -0.39 is 0 Å². The smallest absolute Gasteiger partial charge is 0.217 e. The molecule has 6 N–H and O–H groups in total. The summed E-state index contributed by atoms with van der Waals surface area (Å²) in [5.74, 6) is -0.696. The van der Waals surface area contributed by atoms with Crippen molar-refractivity contribution in [2.75, 3.05) is 13.2 Å². The van der Waals surface area contributed by atoms with E-state index in [1.165, 1.54) is 0 Å². The van der Waals surface area contributed by atoms with Gasteiger partial charge >= 0.3 is 0 Å². The van der Waals surface area contributed by atoms with Crippen molar-refractivity contribution in [2.45, 2.75) is 51.4 Å². The minimum atomic E-state index is -0.348. The van der Waals surface area contributed by atoms with Gasteiger partial charge in [0.1, 0.15) is 0 Å². The van der Waals surface area contributed by atoms with Crippen LogP contribution in [-0.2, 0) is 9.59 Å². The Morgan fingerprint density at radius 1 is 0.789 bits per heavy atom. The lowest BCUT2D eigenvalue weighted by Crippen LogP contribution is -2.25. The van der Waals surface area contributed by atoms with E-state index in [4.69, 9.17) is 11.5 Å². The van der Waals surface area contributed by atoms with Gasteiger partial charge in [0.05, 0.1) is 0 Å². The van der Waals surface area contributed by atoms with Crippen LogP contribution in [0.1, 0.15) is 51.4 Å². The minimum Gasteiger partial charge on any atom is -0.396 e. The molecule has 0 aromatic rings. The van der Waals surface area contributed by atoms with Gasteiger partial charge in [0.15, 0.2) is 0 Å². The summed E-state index contributed by atoms with van der Waals surface area (Å²) in [4.78, 5) is 21.5. The summed E-state index contributed by atoms with van der Waals surface area (Å²) in [6, 6.07) is 0. The minimum absolute atomic E-state index is 0.0210. The summed E-state index contributed by atoms with van der Waals surface area (Å²) >= 11 is 0. The molecule has 0 rings (SSSR count). The molecule has 0 radical (unpaired) electrons. The van der Waals surface area contributed by atoms with E-state index in [1.807, 2.05) is 0 Å². The van der Waals surface area contributed by atoms with E-state index >= 15 is 0 Å². The molecule has 0 aliphatic rings. The van der Waals surface area contributed by atoms with Crippen molar-refractivity contribution in [1.29, 1.82) is 0 Å². The van der Waals surface area contributed by atoms with Crippen LogP contribution in [0.4, 0.5) is 0 Å². The normalized spacial score (nSPS) is 11.5. The van der Waals surface area contributed by atoms with Crippen molar-refractivity contribution in [2.24, 2.45) is 16.9 Å². The number of aliphatic hydroxyl groups is 2. The molecule has 2 amide bonds. The first kappa shape index (κ1) is 17.9. The van der Waals surface area contributed by atoms with Gasteiger partial charge in [-0.1, -0.05) is 0 Å². The van der Waals surface area contributed by atoms with Crippen LogP contribution < -0.4 is 11.5 Å². The highest BCUT2D eigenvalue weighted by Crippen LogP contribution is 2.37. The molecule has 0 fully saturated rings. The summed E-state index contributed by atoms with van der Waals surface area (Å²) in [5.41, 5.74) is 9.98. The first-order valence-electron chi connectivity index (χ1n) is 6.74. The highest BCUT2D eigenvalue weighted by Gasteiger charge is 2.28. The number of amides is 2. The third-order valence-electron chi connectivity index (χ3n) is 3.54. The van der Waals surface area contributed by atoms with Gasteiger partial charge in [-0.3, -0.25) is 9.59 Å². The number of carbonyl (C=O) groups is 2. The van der Waals surface area contributed by atoms with Crippen LogP contribution in [0.15, 0.2) is 0 Å². The highest BCUT2D eigenvalue weighted by molar-refractivity contribution is 5.73. The van der Waals surface area contributed by atoms with E-state index in [9.17, 15) is 19.8 Å². The fourth-order valence-electron chi connectivity index (χ4n) is 2.50. The summed E-state index contributed by atoms with van der Waals surface area (Å²) < 4.78 is 0. The van der Waals surface area contributed by atoms with E-state index in [-0.39, 0.29) is 30.4 Å². The van der Waals surface area contributed by atoms with Gasteiger partial charge in [0.25, 0.3) is 0 Å². The molecular weight excluding hydrogens is 248 g/mol. The zero-order chi connectivity index (χ0) is 14.7. The zero-order valence-corrected chi connectivity index (χ0v) is 11.4. The van der Waals surface area contributed by atoms with Crippen molar-refractivity contribution in [1.82, 2.24) is 0 Å². The van der Waals surface area contributed by atoms with E-state index in [0.717, 1.165) is 0 Å². The molecule has 0 aromatic heterocycles. The number of hydrogen-bond donors (Lipinski definition) is 4. The van der Waals surface area contributed by atoms with Gasteiger partial charge in [0.2, 0.25) is 11.8 Å². The number of nitrogens with two attached hydrogens (primary N) is 2. The molecule has 0 unspecified atom stereocenters. The Kier molecular flexibility index (Phi) is 9.16. The fraction of sp³-hybridized carbons (Fsp3) is 0.846. The molecule has 0 heterocycles. The predicted molar refractivity (Wildman–Crippen MR) is 71.9 cm³/mol. The summed E-state index contributed by atoms with van der Waals surface area (Å²) in [5, 5.41) is 18.4. The molecule has 0 aromatic carbocycles. The summed E-state index contributed by atoms with van der Waals surface area (Å²) in [6.07, 6.45) is 4.36. The van der Waals surface area contributed by atoms with Crippen LogP contribution in [0.3, 0.4) is 0 Å². The number of rotatable bonds is 12. The van der Waals surface area contributed by atoms with Crippen molar-refractivity contribution in [3.05, 3.63) is 0 Å². The van der Waals surface area contributed by atoms with E-state index in [1.54, 1.807) is 0 Å². The molecule has 112 valence electrons. The molecule has 19 heavy (non-hydrogen) atoms. The van der Waals surface area contributed by atoms with Crippen molar-refractivity contribution in [3.63, 3.8) is 0 Å². The van der Waals surface area contributed by atoms with E-state index in [2.05, 4.69) is 0 Å². The highest BCUT2D eigenvalue weighted by atomic mass is 16.3. The third-order valence-corrected chi connectivity index (χ3v) is 3.54. The largest absolute Gasteiger partial charge is 0.396 e. The second kappa shape index (κ2) is 9.75. The molecule has 6 nitrogen and oxygen atoms in total. The third kappa shape index (κ3) is 8.56. The monoisotopic (exact) mass is 274 g/mol. The number of aliphatic hydroxyl groups excluding tert-OH is 2. The van der Waals surface area contributed by atoms with Gasteiger partial charge in [-0.2, -0.15) is 0 Å². The number of hydrogen-bond acceptors (Lipinski definition) is 4. The average molecular weight is 274 g/mol. The fourth-order valence-corrected chi connectivity index (χ4v) is 2.50. The first-order chi connectivity index (χ1) is 8.95. The maximum atomic E-state index is 10.8. The molecule has 0 saturated carbocycles. The van der Waals surface area contributed by atoms with E-state index in [0.29, 0.717) is 51.4 Å². The molecule has 0 saturated heterocycles. The molecule has 0 aliphatic carbocycles. The Hall–Kier alpha value is -1.14. The molecule has 0 spiro atoms. The number of carbonyl (C=O) groups excluding carboxylic acids is 2. The second-order valence-corrected chi connectivity index (χ2v) is 5.09. The van der Waals surface area contributed by atoms with Gasteiger partial charge in [0, 0.05) is 26.1 Å². The molecular formula is C13H26N2O4. The zero-order valence-electron chi connectivity index (χ0n) is 11.4. The average Bonchev–Trinajstić information content (AvgIpc) is 2.28. The van der Waals surface area contributed by atoms with Crippen LogP contribution >= 0.6 is 0 Å². The lowest BCUT2D eigenvalue weighted by Gasteiger charge is -2.33. The standard InChI is InChI=1S/C13H26N2O4/c14-11(18)3-1-5-13(7-9-16,8-10-17)6-2-4-12(15)19/h16-17H,1-10H2,(H2,14,18)(H2,15,19). The van der Waals surface area contributed by atoms with Crippen LogP contribution in [0.5, 0.6) is 0 Å². The quantitative estimate of drug-likeness (QED) is 0.401. The second-order valence-electron chi connectivity index (χ2n) is 5.09. The van der Waals surface area contributed by atoms with Gasteiger partial charge in [-0.05, 0) is 43.9 Å². The Morgan fingerprint density at radius 2 is 1.16 bits per heavy atom. The summed E-state index contributed by atoms with van der Waals surface area (Å²) in [7, 11) is 0.